The number of esters is 1. The molecule has 1 aliphatic rings. The number of aromatic hydroxyl groups is 1. The lowest BCUT2D eigenvalue weighted by Gasteiger charge is -2.32. The molecule has 0 radical (unpaired) electrons. The van der Waals surface area contributed by atoms with Crippen molar-refractivity contribution in [1.82, 2.24) is 0 Å². The fourth-order valence-corrected chi connectivity index (χ4v) is 4.26. The van der Waals surface area contributed by atoms with Gasteiger partial charge in [-0.15, -0.1) is 0 Å². The Hall–Kier alpha value is -2.07. The Morgan fingerprint density at radius 3 is 2.57 bits per heavy atom. The highest BCUT2D eigenvalue weighted by Crippen LogP contribution is 2.47. The summed E-state index contributed by atoms with van der Waals surface area (Å²) in [7, 11) is 5.89. The van der Waals surface area contributed by atoms with Crippen LogP contribution in [-0.2, 0) is 11.2 Å². The monoisotopic (exact) mass is 414 g/mol. The first-order chi connectivity index (χ1) is 14.0. The number of carbonyl (C=O) groups excluding carboxylic acids is 1. The van der Waals surface area contributed by atoms with Crippen LogP contribution in [0.1, 0.15) is 69.9 Å². The Bertz CT molecular complexity index is 801. The Kier molecular flexibility index (Phi) is 8.31. The van der Waals surface area contributed by atoms with Gasteiger partial charge >= 0.3 is 5.97 Å². The maximum atomic E-state index is 12.7. The molecule has 1 aromatic carbocycles. The van der Waals surface area contributed by atoms with Gasteiger partial charge in [-0.1, -0.05) is 43.6 Å². The number of carbonyl (C=O) groups is 1. The van der Waals surface area contributed by atoms with Crippen LogP contribution in [0, 0.1) is 5.92 Å². The summed E-state index contributed by atoms with van der Waals surface area (Å²) in [6.07, 6.45) is 8.44. The van der Waals surface area contributed by atoms with Gasteiger partial charge in [-0.2, -0.15) is 0 Å². The quantitative estimate of drug-likeness (QED) is 0.184. The molecule has 0 fully saturated rings. The van der Waals surface area contributed by atoms with Gasteiger partial charge in [0, 0.05) is 11.5 Å². The van der Waals surface area contributed by atoms with E-state index in [4.69, 9.17) is 4.74 Å². The summed E-state index contributed by atoms with van der Waals surface area (Å²) in [6, 6.07) is 3.82. The van der Waals surface area contributed by atoms with E-state index in [2.05, 4.69) is 26.5 Å². The molecule has 4 nitrogen and oxygen atoms in total. The minimum Gasteiger partial charge on any atom is -0.507 e. The number of nitrogens with zero attached hydrogens (tertiary/aromatic N) is 1. The summed E-state index contributed by atoms with van der Waals surface area (Å²) < 4.78 is 6.39. The van der Waals surface area contributed by atoms with E-state index < -0.39 is 0 Å². The number of unbranched alkanes of at least 4 members (excludes halogenated alkanes) is 2. The van der Waals surface area contributed by atoms with E-state index in [9.17, 15) is 9.90 Å². The van der Waals surface area contributed by atoms with Gasteiger partial charge in [0.15, 0.2) is 6.54 Å². The van der Waals surface area contributed by atoms with E-state index in [1.807, 2.05) is 40.2 Å². The molecular weight excluding hydrogens is 374 g/mol. The first kappa shape index (κ1) is 24.2. The molecular formula is C26H40NO3+. The Balaban J connectivity index is 2.49. The van der Waals surface area contributed by atoms with Crippen LogP contribution < -0.4 is 4.74 Å². The number of rotatable bonds is 9. The van der Waals surface area contributed by atoms with E-state index in [0.717, 1.165) is 55.2 Å². The van der Waals surface area contributed by atoms with Gasteiger partial charge in [-0.3, -0.25) is 0 Å². The van der Waals surface area contributed by atoms with Crippen LogP contribution >= 0.6 is 0 Å². The molecule has 1 aliphatic carbocycles. The van der Waals surface area contributed by atoms with Crippen molar-refractivity contribution in [2.45, 2.75) is 65.2 Å². The predicted molar refractivity (Wildman–Crippen MR) is 124 cm³/mol. The Morgan fingerprint density at radius 2 is 1.97 bits per heavy atom. The number of hydrogen-bond donors (Lipinski definition) is 1. The number of ether oxygens (including phenoxy) is 1. The summed E-state index contributed by atoms with van der Waals surface area (Å²) in [6.45, 7) is 10.8. The molecule has 1 aromatic rings. The Morgan fingerprint density at radius 1 is 1.27 bits per heavy atom. The van der Waals surface area contributed by atoms with Crippen LogP contribution in [-0.4, -0.2) is 43.2 Å². The molecule has 2 atom stereocenters. The zero-order valence-corrected chi connectivity index (χ0v) is 19.8. The van der Waals surface area contributed by atoms with Crippen molar-refractivity contribution in [3.8, 4) is 11.5 Å². The topological polar surface area (TPSA) is 46.5 Å². The van der Waals surface area contributed by atoms with Crippen molar-refractivity contribution in [1.29, 1.82) is 0 Å². The number of hydrogen-bond acceptors (Lipinski definition) is 3. The lowest BCUT2D eigenvalue weighted by atomic mass is 9.73. The molecule has 2 rings (SSSR count). The van der Waals surface area contributed by atoms with Crippen molar-refractivity contribution >= 4 is 5.97 Å². The summed E-state index contributed by atoms with van der Waals surface area (Å²) in [5.41, 5.74) is 4.13. The molecule has 0 heterocycles. The highest BCUT2D eigenvalue weighted by molar-refractivity contribution is 5.74. The largest absolute Gasteiger partial charge is 0.507 e. The number of benzene rings is 1. The maximum absolute atomic E-state index is 12.7. The fraction of sp³-hybridized carbons (Fsp3) is 0.577. The van der Waals surface area contributed by atoms with Gasteiger partial charge in [-0.05, 0) is 63.1 Å². The molecule has 0 unspecified atom stereocenters. The third-order valence-electron chi connectivity index (χ3n) is 5.79. The third-order valence-corrected chi connectivity index (χ3v) is 5.79. The van der Waals surface area contributed by atoms with Gasteiger partial charge in [0.2, 0.25) is 0 Å². The van der Waals surface area contributed by atoms with E-state index in [0.29, 0.717) is 10.2 Å². The average Bonchev–Trinajstić information content (AvgIpc) is 2.59. The van der Waals surface area contributed by atoms with Gasteiger partial charge in [0.1, 0.15) is 11.5 Å². The minimum absolute atomic E-state index is 0.0344. The maximum Gasteiger partial charge on any atom is 0.367 e. The molecule has 0 aromatic heterocycles. The van der Waals surface area contributed by atoms with E-state index in [1.165, 1.54) is 5.57 Å². The zero-order valence-electron chi connectivity index (χ0n) is 19.8. The standard InChI is InChI=1S/C26H39NO3/c1-8-9-10-11-20-15-23(28)26(22-14-19(4)12-13-21(22)18(2)3)24(16-20)30-25(29)17-27(5,6)7/h14-16,21-22H,2,8-13,17H2,1,3-7H3/p+1/t21-,22+/m0/s1. The molecule has 0 spiro atoms. The molecule has 30 heavy (non-hydrogen) atoms. The smallest absolute Gasteiger partial charge is 0.367 e. The van der Waals surface area contributed by atoms with Crippen molar-refractivity contribution in [3.05, 3.63) is 47.1 Å². The molecule has 1 N–H and O–H groups in total. The highest BCUT2D eigenvalue weighted by Gasteiger charge is 2.31. The summed E-state index contributed by atoms with van der Waals surface area (Å²) in [5.74, 6) is 0.632. The Labute approximate surface area is 182 Å². The normalized spacial score (nSPS) is 19.3. The van der Waals surface area contributed by atoms with Crippen LogP contribution in [0.4, 0.5) is 0 Å². The third kappa shape index (κ3) is 6.73. The second kappa shape index (κ2) is 10.3. The highest BCUT2D eigenvalue weighted by atomic mass is 16.5. The van der Waals surface area contributed by atoms with Crippen molar-refractivity contribution < 1.29 is 19.1 Å². The molecule has 166 valence electrons. The molecule has 0 bridgehead atoms. The molecule has 0 aliphatic heterocycles. The number of quaternary nitrogens is 1. The van der Waals surface area contributed by atoms with Gasteiger partial charge in [-0.25, -0.2) is 4.79 Å². The molecule has 0 saturated carbocycles. The number of phenols is 1. The second-order valence-corrected chi connectivity index (χ2v) is 9.94. The lowest BCUT2D eigenvalue weighted by molar-refractivity contribution is -0.862. The van der Waals surface area contributed by atoms with Gasteiger partial charge in [0.05, 0.1) is 21.1 Å². The van der Waals surface area contributed by atoms with Gasteiger partial charge < -0.3 is 14.3 Å². The summed E-state index contributed by atoms with van der Waals surface area (Å²) >= 11 is 0. The first-order valence-corrected chi connectivity index (χ1v) is 11.2. The minimum atomic E-state index is -0.280. The molecule has 4 heteroatoms. The van der Waals surface area contributed by atoms with Crippen molar-refractivity contribution in [2.24, 2.45) is 5.92 Å². The lowest BCUT2D eigenvalue weighted by Crippen LogP contribution is -2.41. The van der Waals surface area contributed by atoms with Crippen LogP contribution in [0.5, 0.6) is 11.5 Å². The summed E-state index contributed by atoms with van der Waals surface area (Å²) in [4.78, 5) is 12.7. The van der Waals surface area contributed by atoms with Crippen LogP contribution in [0.15, 0.2) is 35.9 Å². The van der Waals surface area contributed by atoms with E-state index in [-0.39, 0.29) is 30.1 Å². The van der Waals surface area contributed by atoms with Crippen LogP contribution in [0.2, 0.25) is 0 Å². The first-order valence-electron chi connectivity index (χ1n) is 11.2. The number of phenolic OH excluding ortho intramolecular Hbond substituents is 1. The number of allylic oxidation sites excluding steroid dienone is 3. The number of aryl methyl sites for hydroxylation is 1. The van der Waals surface area contributed by atoms with Gasteiger partial charge in [0.25, 0.3) is 0 Å². The number of likely N-dealkylation sites (N-methyl/N-ethyl adjacent to an activating group) is 1. The zero-order chi connectivity index (χ0) is 22.5. The molecule has 0 amide bonds. The predicted octanol–water partition coefficient (Wildman–Crippen LogP) is 5.75. The molecule has 0 saturated heterocycles. The van der Waals surface area contributed by atoms with Crippen LogP contribution in [0.25, 0.3) is 0 Å². The van der Waals surface area contributed by atoms with Crippen LogP contribution in [0.3, 0.4) is 0 Å². The van der Waals surface area contributed by atoms with E-state index in [1.54, 1.807) is 0 Å². The van der Waals surface area contributed by atoms with E-state index >= 15 is 0 Å². The van der Waals surface area contributed by atoms with Crippen molar-refractivity contribution in [2.75, 3.05) is 27.7 Å². The SMILES string of the molecule is C=C(C)[C@@H]1CCC(C)=C[C@H]1c1c(O)cc(CCCCC)cc1OC(=O)C[N+](C)(C)C. The van der Waals surface area contributed by atoms with Crippen molar-refractivity contribution in [3.63, 3.8) is 0 Å². The fourth-order valence-electron chi connectivity index (χ4n) is 4.26. The average molecular weight is 415 g/mol. The summed E-state index contributed by atoms with van der Waals surface area (Å²) in [5, 5.41) is 11.1. The second-order valence-electron chi connectivity index (χ2n) is 9.94.